The number of benzene rings is 8. The lowest BCUT2D eigenvalue weighted by Crippen LogP contribution is -2.27. The fourth-order valence-corrected chi connectivity index (χ4v) is 7.83. The topological polar surface area (TPSA) is 105 Å². The van der Waals surface area contributed by atoms with Crippen LogP contribution in [0.5, 0.6) is 11.5 Å². The van der Waals surface area contributed by atoms with Crippen molar-refractivity contribution in [1.82, 2.24) is 10.6 Å². The Morgan fingerprint density at radius 2 is 0.679 bits per heavy atom. The van der Waals surface area contributed by atoms with Crippen molar-refractivity contribution < 1.29 is 20.4 Å². The maximum absolute atomic E-state index is 12.4. The van der Waals surface area contributed by atoms with E-state index in [9.17, 15) is 20.4 Å². The van der Waals surface area contributed by atoms with Crippen molar-refractivity contribution in [2.45, 2.75) is 37.4 Å². The van der Waals surface area contributed by atoms with Crippen LogP contribution in [0.2, 0.25) is 0 Å². The quantitative estimate of drug-likeness (QED) is 0.0704. The third-order valence-electron chi connectivity index (χ3n) is 10.7. The van der Waals surface area contributed by atoms with Gasteiger partial charge in [0, 0.05) is 35.3 Å². The SMILES string of the molecule is Oc1c(CN[C@@H](c2ccccc2)[C@H](O)c2ccccc2)cc2ccccc2c1-c1c(O)c(CN[C@@H](c2ccccc2)[C@H](O)c2ccccc2)cc2ccccc12. The lowest BCUT2D eigenvalue weighted by Gasteiger charge is -2.27. The van der Waals surface area contributed by atoms with Crippen molar-refractivity contribution in [1.29, 1.82) is 0 Å². The highest BCUT2D eigenvalue weighted by Crippen LogP contribution is 2.48. The number of phenolic OH excluding ortho intramolecular Hbond substituents is 2. The zero-order valence-electron chi connectivity index (χ0n) is 30.8. The number of aliphatic hydroxyl groups excluding tert-OH is 2. The molecule has 0 saturated heterocycles. The molecular weight excluding hydrogens is 693 g/mol. The van der Waals surface area contributed by atoms with Crippen LogP contribution >= 0.6 is 0 Å². The van der Waals surface area contributed by atoms with Gasteiger partial charge in [-0.1, -0.05) is 170 Å². The summed E-state index contributed by atoms with van der Waals surface area (Å²) in [5.74, 6) is 0.0915. The predicted molar refractivity (Wildman–Crippen MR) is 225 cm³/mol. The van der Waals surface area contributed by atoms with Crippen LogP contribution in [0.4, 0.5) is 0 Å². The Morgan fingerprint density at radius 1 is 0.375 bits per heavy atom. The third kappa shape index (κ3) is 7.52. The first-order valence-electron chi connectivity index (χ1n) is 19.0. The molecule has 0 heterocycles. The van der Waals surface area contributed by atoms with Gasteiger partial charge in [0.25, 0.3) is 0 Å². The Bertz CT molecular complexity index is 2370. The molecule has 56 heavy (non-hydrogen) atoms. The maximum atomic E-state index is 12.4. The molecule has 4 atom stereocenters. The third-order valence-corrected chi connectivity index (χ3v) is 10.7. The lowest BCUT2D eigenvalue weighted by molar-refractivity contribution is 0.127. The maximum Gasteiger partial charge on any atom is 0.128 e. The molecule has 6 N–H and O–H groups in total. The Labute approximate surface area is 327 Å². The molecule has 0 spiro atoms. The van der Waals surface area contributed by atoms with Crippen molar-refractivity contribution in [2.75, 3.05) is 0 Å². The minimum Gasteiger partial charge on any atom is -0.507 e. The molecule has 8 aromatic carbocycles. The van der Waals surface area contributed by atoms with E-state index < -0.39 is 24.3 Å². The van der Waals surface area contributed by atoms with E-state index in [0.29, 0.717) is 22.3 Å². The summed E-state index contributed by atoms with van der Waals surface area (Å²) in [6.45, 7) is 0.479. The number of phenols is 2. The van der Waals surface area contributed by atoms with Crippen LogP contribution in [0.1, 0.15) is 57.7 Å². The summed E-state index contributed by atoms with van der Waals surface area (Å²) >= 11 is 0. The van der Waals surface area contributed by atoms with Gasteiger partial charge in [-0.15, -0.1) is 0 Å². The Balaban J connectivity index is 1.20. The van der Waals surface area contributed by atoms with Gasteiger partial charge in [0.05, 0.1) is 24.3 Å². The average Bonchev–Trinajstić information content (AvgIpc) is 3.26. The molecule has 0 aliphatic rings. The first-order valence-corrected chi connectivity index (χ1v) is 19.0. The number of aromatic hydroxyl groups is 2. The molecule has 0 fully saturated rings. The first kappa shape index (κ1) is 36.7. The van der Waals surface area contributed by atoms with Crippen molar-refractivity contribution in [3.63, 3.8) is 0 Å². The first-order chi connectivity index (χ1) is 27.5. The number of aliphatic hydroxyl groups is 2. The minimum absolute atomic E-state index is 0.0458. The molecule has 8 rings (SSSR count). The van der Waals surface area contributed by atoms with Crippen LogP contribution in [-0.2, 0) is 13.1 Å². The van der Waals surface area contributed by atoms with Crippen molar-refractivity contribution >= 4 is 21.5 Å². The molecule has 8 aromatic rings. The summed E-state index contributed by atoms with van der Waals surface area (Å²) in [5.41, 5.74) is 5.70. The molecular formula is C50H44N2O4. The fourth-order valence-electron chi connectivity index (χ4n) is 7.83. The van der Waals surface area contributed by atoms with Crippen LogP contribution in [0.15, 0.2) is 182 Å². The van der Waals surface area contributed by atoms with E-state index >= 15 is 0 Å². The molecule has 0 aliphatic carbocycles. The normalized spacial score (nSPS) is 13.7. The summed E-state index contributed by atoms with van der Waals surface area (Å²) in [6.07, 6.45) is -1.70. The number of hydrogen-bond donors (Lipinski definition) is 6. The smallest absolute Gasteiger partial charge is 0.128 e. The van der Waals surface area contributed by atoms with Gasteiger partial charge in [-0.05, 0) is 55.9 Å². The van der Waals surface area contributed by atoms with E-state index in [-0.39, 0.29) is 24.6 Å². The second kappa shape index (κ2) is 16.6. The predicted octanol–water partition coefficient (Wildman–Crippen LogP) is 10.2. The molecule has 0 aliphatic heterocycles. The summed E-state index contributed by atoms with van der Waals surface area (Å²) in [4.78, 5) is 0. The van der Waals surface area contributed by atoms with Crippen LogP contribution in [0.3, 0.4) is 0 Å². The molecule has 0 amide bonds. The van der Waals surface area contributed by atoms with Gasteiger partial charge in [-0.2, -0.15) is 0 Å². The highest BCUT2D eigenvalue weighted by atomic mass is 16.3. The van der Waals surface area contributed by atoms with Gasteiger partial charge < -0.3 is 31.1 Å². The number of nitrogens with one attached hydrogen (secondary N) is 2. The number of rotatable bonds is 13. The highest BCUT2D eigenvalue weighted by Gasteiger charge is 2.27. The van der Waals surface area contributed by atoms with Crippen molar-refractivity contribution in [3.8, 4) is 22.6 Å². The van der Waals surface area contributed by atoms with Crippen LogP contribution in [0.25, 0.3) is 32.7 Å². The zero-order chi connectivity index (χ0) is 38.4. The zero-order valence-corrected chi connectivity index (χ0v) is 30.8. The molecule has 6 nitrogen and oxygen atoms in total. The summed E-state index contributed by atoms with van der Waals surface area (Å²) in [6, 6.07) is 57.5. The molecule has 0 aromatic heterocycles. The standard InChI is InChI=1S/C50H44N2O4/c53-47-39(31-51-45(33-17-5-1-6-18-33)49(55)35-21-9-3-10-22-35)29-37-25-13-15-27-41(37)43(47)44-42-28-16-14-26-38(42)30-40(48(44)54)32-52-46(34-19-7-2-8-20-34)50(56)36-23-11-4-12-24-36/h1-30,45-46,49-56H,31-32H2/t45-,46-,49+,50+/m0/s1. The minimum atomic E-state index is -0.849. The molecule has 0 unspecified atom stereocenters. The van der Waals surface area contributed by atoms with Gasteiger partial charge in [0.1, 0.15) is 11.5 Å². The van der Waals surface area contributed by atoms with E-state index in [2.05, 4.69) is 10.6 Å². The van der Waals surface area contributed by atoms with E-state index in [1.807, 2.05) is 182 Å². The van der Waals surface area contributed by atoms with Crippen molar-refractivity contribution in [3.05, 3.63) is 215 Å². The van der Waals surface area contributed by atoms with Gasteiger partial charge in [-0.25, -0.2) is 0 Å². The molecule has 0 bridgehead atoms. The second-order valence-corrected chi connectivity index (χ2v) is 14.2. The van der Waals surface area contributed by atoms with E-state index in [4.69, 9.17) is 0 Å². The molecule has 278 valence electrons. The monoisotopic (exact) mass is 736 g/mol. The molecule has 0 radical (unpaired) electrons. The van der Waals surface area contributed by atoms with Gasteiger partial charge >= 0.3 is 0 Å². The Hall–Kier alpha value is -6.28. The van der Waals surface area contributed by atoms with E-state index in [1.165, 1.54) is 0 Å². The number of hydrogen-bond acceptors (Lipinski definition) is 6. The average molecular weight is 737 g/mol. The Kier molecular flexibility index (Phi) is 10.9. The van der Waals surface area contributed by atoms with Gasteiger partial charge in [0.15, 0.2) is 0 Å². The summed E-state index contributed by atoms with van der Waals surface area (Å²) in [7, 11) is 0. The second-order valence-electron chi connectivity index (χ2n) is 14.2. The summed E-state index contributed by atoms with van der Waals surface area (Å²) < 4.78 is 0. The summed E-state index contributed by atoms with van der Waals surface area (Å²) in [5, 5.41) is 58.5. The van der Waals surface area contributed by atoms with Crippen LogP contribution in [0, 0.1) is 0 Å². The van der Waals surface area contributed by atoms with E-state index in [1.54, 1.807) is 0 Å². The van der Waals surface area contributed by atoms with Crippen LogP contribution in [-0.4, -0.2) is 20.4 Å². The number of fused-ring (bicyclic) bond motifs is 2. The largest absolute Gasteiger partial charge is 0.507 e. The fraction of sp³-hybridized carbons (Fsp3) is 0.120. The highest BCUT2D eigenvalue weighted by molar-refractivity contribution is 6.10. The molecule has 0 saturated carbocycles. The Morgan fingerprint density at radius 3 is 1.04 bits per heavy atom. The van der Waals surface area contributed by atoms with Gasteiger partial charge in [0.2, 0.25) is 0 Å². The van der Waals surface area contributed by atoms with Crippen LogP contribution < -0.4 is 10.6 Å². The van der Waals surface area contributed by atoms with Crippen molar-refractivity contribution in [2.24, 2.45) is 0 Å². The van der Waals surface area contributed by atoms with Gasteiger partial charge in [-0.3, -0.25) is 0 Å². The van der Waals surface area contributed by atoms with E-state index in [0.717, 1.165) is 43.8 Å². The molecule has 6 heteroatoms. The lowest BCUT2D eigenvalue weighted by atomic mass is 9.88.